The van der Waals surface area contributed by atoms with Crippen LogP contribution in [0.5, 0.6) is 0 Å². The molecule has 0 atom stereocenters. The predicted molar refractivity (Wildman–Crippen MR) is 352 cm³/mol. The summed E-state index contributed by atoms with van der Waals surface area (Å²) in [6.07, 6.45) is 17.0. The van der Waals surface area contributed by atoms with Crippen molar-refractivity contribution in [2.75, 3.05) is 0 Å². The van der Waals surface area contributed by atoms with Crippen molar-refractivity contribution in [3.05, 3.63) is 276 Å². The molecule has 8 heteroatoms. The first kappa shape index (κ1) is 49.2. The van der Waals surface area contributed by atoms with Crippen molar-refractivity contribution in [1.82, 2.24) is 19.9 Å². The van der Waals surface area contributed by atoms with Crippen molar-refractivity contribution < 1.29 is 8.83 Å². The largest absolute Gasteiger partial charge is 0.456 e. The third kappa shape index (κ3) is 8.71. The number of hydrogen-bond donors (Lipinski definition) is 0. The Kier molecular flexibility index (Phi) is 12.1. The molecule has 6 aromatic carbocycles. The van der Waals surface area contributed by atoms with Crippen molar-refractivity contribution >= 4 is 112 Å². The average molecular weight is 1110 g/mol. The van der Waals surface area contributed by atoms with Gasteiger partial charge in [-0.15, -0.1) is 22.7 Å². The maximum Gasteiger partial charge on any atom is 0.137 e. The summed E-state index contributed by atoms with van der Waals surface area (Å²) in [6.45, 7) is 0. The van der Waals surface area contributed by atoms with Crippen LogP contribution in [-0.4, -0.2) is 19.9 Å². The van der Waals surface area contributed by atoms with Crippen LogP contribution in [0.15, 0.2) is 239 Å². The van der Waals surface area contributed by atoms with E-state index in [1.165, 1.54) is 0 Å². The molecule has 0 aliphatic carbocycles. The molecule has 394 valence electrons. The van der Waals surface area contributed by atoms with Crippen molar-refractivity contribution in [2.24, 2.45) is 0 Å². The second kappa shape index (κ2) is 20.7. The Morgan fingerprint density at radius 3 is 0.619 bits per heavy atom. The van der Waals surface area contributed by atoms with Gasteiger partial charge in [0, 0.05) is 41.1 Å². The van der Waals surface area contributed by atoms with E-state index in [0.717, 1.165) is 120 Å². The minimum atomic E-state index is 0.582. The lowest BCUT2D eigenvalue weighted by atomic mass is 10.0. The van der Waals surface area contributed by atoms with Crippen LogP contribution in [0.3, 0.4) is 0 Å². The van der Waals surface area contributed by atoms with E-state index >= 15 is 0 Å². The number of thiophene rings is 2. The van der Waals surface area contributed by atoms with Gasteiger partial charge in [0.25, 0.3) is 0 Å². The summed E-state index contributed by atoms with van der Waals surface area (Å²) in [5.74, 6) is 0. The number of furan rings is 2. The molecule has 84 heavy (non-hydrogen) atoms. The Balaban J connectivity index is 1.09. The molecule has 4 aliphatic rings. The molecule has 0 saturated heterocycles. The Bertz CT molecular complexity index is 4700. The summed E-state index contributed by atoms with van der Waals surface area (Å²) < 4.78 is 19.2. The Labute approximate surface area is 492 Å². The van der Waals surface area contributed by atoms with E-state index in [0.29, 0.717) is 44.8 Å². The highest BCUT2D eigenvalue weighted by Gasteiger charge is 2.25. The Morgan fingerprint density at radius 1 is 0.190 bits per heavy atom. The van der Waals surface area contributed by atoms with E-state index in [1.54, 1.807) is 22.7 Å². The van der Waals surface area contributed by atoms with Crippen LogP contribution >= 0.6 is 22.7 Å². The van der Waals surface area contributed by atoms with Gasteiger partial charge in [-0.1, -0.05) is 182 Å². The molecular weight excluding hydrogens is 1060 g/mol. The van der Waals surface area contributed by atoms with E-state index in [2.05, 4.69) is 267 Å². The van der Waals surface area contributed by atoms with Crippen LogP contribution in [0.1, 0.15) is 45.6 Å². The SMILES string of the molecule is C1=Cc2nc1c(-c1ccccc1)c1ccc(o1)c(-c1c3nc(c(-c4ccccc4)c4ccc(s4)c(-c4ccccc4)c4nc(c(-c5ccccc5)c5ccc1o5)C=C4)C=C3)c1nc(c(-c3ccccc3)c3ccc(s3)c2-c2ccccc2)C=C1. The molecule has 6 nitrogen and oxygen atoms in total. The van der Waals surface area contributed by atoms with E-state index in [9.17, 15) is 0 Å². The van der Waals surface area contributed by atoms with Crippen LogP contribution in [0.4, 0.5) is 0 Å². The number of fused-ring (bicyclic) bond motifs is 16. The lowest BCUT2D eigenvalue weighted by Gasteiger charge is -2.07. The van der Waals surface area contributed by atoms with Gasteiger partial charge < -0.3 is 8.83 Å². The minimum absolute atomic E-state index is 0.582. The first-order valence-electron chi connectivity index (χ1n) is 27.9. The van der Waals surface area contributed by atoms with Gasteiger partial charge in [-0.25, -0.2) is 19.9 Å². The highest BCUT2D eigenvalue weighted by molar-refractivity contribution is 7.24. The molecule has 0 N–H and O–H groups in total. The number of nitrogens with zero attached hydrogens (tertiary/aromatic N) is 4. The monoisotopic (exact) mass is 1110 g/mol. The van der Waals surface area contributed by atoms with Crippen LogP contribution in [0, 0.1) is 0 Å². The number of hydrogen-bond acceptors (Lipinski definition) is 8. The van der Waals surface area contributed by atoms with Crippen molar-refractivity contribution in [3.8, 4) is 77.9 Å². The first-order chi connectivity index (χ1) is 41.6. The van der Waals surface area contributed by atoms with Crippen LogP contribution < -0.4 is 0 Å². The fraction of sp³-hybridized carbons (Fsp3) is 0. The standard InChI is InChI=1S/C76H46N4O2S2/c1-7-19-47(20-8-1)69-53-31-33-55(77-53)71(49-23-11-3-12-24-49)65-43-45-67(83-65)73(51-27-15-5-16-28-51)57-35-37-59(79-57)75(63-41-39-61(69)81-63)76-60-38-36-58(80-60)74(52-29-17-6-18-30-52)68-46-44-66(84-68)72(50-25-13-4-14-26-50)56-34-32-54(78-56)70(48-21-9-2-10-22-48)62-40-42-64(76)82-62/h1-46H. The molecule has 0 fully saturated rings. The molecule has 0 saturated carbocycles. The highest BCUT2D eigenvalue weighted by Crippen LogP contribution is 2.46. The smallest absolute Gasteiger partial charge is 0.137 e. The van der Waals surface area contributed by atoms with Gasteiger partial charge in [0.1, 0.15) is 22.3 Å². The van der Waals surface area contributed by atoms with Gasteiger partial charge >= 0.3 is 0 Å². The molecule has 12 aromatic rings. The fourth-order valence-corrected chi connectivity index (χ4v) is 14.2. The summed E-state index contributed by atoms with van der Waals surface area (Å²) >= 11 is 3.49. The van der Waals surface area contributed by atoms with Crippen LogP contribution in [0.2, 0.25) is 0 Å². The quantitative estimate of drug-likeness (QED) is 0.158. The summed E-state index contributed by atoms with van der Waals surface area (Å²) in [5, 5.41) is 0. The van der Waals surface area contributed by atoms with E-state index < -0.39 is 0 Å². The van der Waals surface area contributed by atoms with Gasteiger partial charge in [0.2, 0.25) is 0 Å². The summed E-state index contributed by atoms with van der Waals surface area (Å²) in [6, 6.07) is 80.2. The molecular formula is C76H46N4O2S2. The zero-order valence-electron chi connectivity index (χ0n) is 45.0. The normalized spacial score (nSPS) is 12.3. The van der Waals surface area contributed by atoms with Crippen LogP contribution in [0.25, 0.3) is 168 Å². The van der Waals surface area contributed by atoms with Gasteiger partial charge in [-0.3, -0.25) is 0 Å². The van der Waals surface area contributed by atoms with Crippen LogP contribution in [-0.2, 0) is 0 Å². The molecule has 0 radical (unpaired) electrons. The highest BCUT2D eigenvalue weighted by atomic mass is 32.1. The second-order valence-corrected chi connectivity index (χ2v) is 22.9. The topological polar surface area (TPSA) is 77.8 Å². The lowest BCUT2D eigenvalue weighted by molar-refractivity contribution is 0.662. The maximum absolute atomic E-state index is 7.42. The second-order valence-electron chi connectivity index (χ2n) is 20.7. The van der Waals surface area contributed by atoms with Gasteiger partial charge in [0.05, 0.1) is 67.8 Å². The van der Waals surface area contributed by atoms with E-state index in [-0.39, 0.29) is 0 Å². The molecule has 6 aromatic heterocycles. The van der Waals surface area contributed by atoms with Gasteiger partial charge in [-0.05, 0) is 131 Å². The van der Waals surface area contributed by atoms with Gasteiger partial charge in [0.15, 0.2) is 0 Å². The Morgan fingerprint density at radius 2 is 0.381 bits per heavy atom. The lowest BCUT2D eigenvalue weighted by Crippen LogP contribution is -1.90. The zero-order valence-corrected chi connectivity index (χ0v) is 46.6. The maximum atomic E-state index is 7.42. The zero-order chi connectivity index (χ0) is 55.5. The van der Waals surface area contributed by atoms with Gasteiger partial charge in [-0.2, -0.15) is 0 Å². The molecule has 16 rings (SSSR count). The molecule has 0 amide bonds. The molecule has 0 spiro atoms. The Hall–Kier alpha value is -10.6. The van der Waals surface area contributed by atoms with Crippen molar-refractivity contribution in [3.63, 3.8) is 0 Å². The molecule has 16 bridgehead atoms. The van der Waals surface area contributed by atoms with Crippen molar-refractivity contribution in [1.29, 1.82) is 0 Å². The summed E-state index contributed by atoms with van der Waals surface area (Å²) in [4.78, 5) is 22.5. The summed E-state index contributed by atoms with van der Waals surface area (Å²) in [5.41, 5.74) is 22.3. The van der Waals surface area contributed by atoms with E-state index in [1.807, 2.05) is 12.1 Å². The fourth-order valence-electron chi connectivity index (χ4n) is 11.9. The van der Waals surface area contributed by atoms with E-state index in [4.69, 9.17) is 28.8 Å². The molecule has 4 aliphatic heterocycles. The first-order valence-corrected chi connectivity index (χ1v) is 29.6. The third-order valence-electron chi connectivity index (χ3n) is 15.6. The number of benzene rings is 6. The number of aromatic nitrogens is 4. The minimum Gasteiger partial charge on any atom is -0.456 e. The molecule has 10 heterocycles. The predicted octanol–water partition coefficient (Wildman–Crippen LogP) is 21.3. The van der Waals surface area contributed by atoms with Crippen molar-refractivity contribution in [2.45, 2.75) is 0 Å². The summed E-state index contributed by atoms with van der Waals surface area (Å²) in [7, 11) is 0. The molecule has 0 unspecified atom stereocenters. The average Bonchev–Trinajstić information content (AvgIpc) is 3.14. The number of rotatable bonds is 7. The third-order valence-corrected chi connectivity index (χ3v) is 17.9.